The first-order valence-electron chi connectivity index (χ1n) is 6.47. The fraction of sp³-hybridized carbons (Fsp3) is 0.500. The van der Waals surface area contributed by atoms with Crippen molar-refractivity contribution in [3.8, 4) is 0 Å². The summed E-state index contributed by atoms with van der Waals surface area (Å²) < 4.78 is 2.32. The van der Waals surface area contributed by atoms with Crippen LogP contribution in [0.2, 0.25) is 5.02 Å². The van der Waals surface area contributed by atoms with E-state index in [2.05, 4.69) is 22.5 Å². The predicted molar refractivity (Wildman–Crippen MR) is 76.4 cm³/mol. The number of rotatable bonds is 4. The molecule has 4 heteroatoms. The van der Waals surface area contributed by atoms with E-state index < -0.39 is 0 Å². The summed E-state index contributed by atoms with van der Waals surface area (Å²) in [6.45, 7) is 2.24. The Balaban J connectivity index is 2.04. The average Bonchev–Trinajstić information content (AvgIpc) is 3.01. The van der Waals surface area contributed by atoms with E-state index in [1.54, 1.807) is 0 Å². The number of alkyl halides is 1. The van der Waals surface area contributed by atoms with Gasteiger partial charge in [0.1, 0.15) is 5.82 Å². The molecule has 96 valence electrons. The van der Waals surface area contributed by atoms with Gasteiger partial charge in [0, 0.05) is 11.1 Å². The summed E-state index contributed by atoms with van der Waals surface area (Å²) in [6.07, 6.45) is 3.79. The van der Waals surface area contributed by atoms with Crippen LogP contribution in [0.15, 0.2) is 18.2 Å². The Kier molecular flexibility index (Phi) is 3.25. The molecule has 1 fully saturated rings. The van der Waals surface area contributed by atoms with Crippen molar-refractivity contribution in [3.63, 3.8) is 0 Å². The van der Waals surface area contributed by atoms with Crippen LogP contribution in [-0.4, -0.2) is 9.55 Å². The SMILES string of the molecule is CCCC1CC1n1c(CCl)nc2cc(Cl)ccc21. The lowest BCUT2D eigenvalue weighted by Crippen LogP contribution is -2.01. The maximum absolute atomic E-state index is 6.02. The molecular weight excluding hydrogens is 267 g/mol. The number of halogens is 2. The Labute approximate surface area is 117 Å². The molecule has 1 aliphatic carbocycles. The lowest BCUT2D eigenvalue weighted by Gasteiger charge is -2.07. The van der Waals surface area contributed by atoms with E-state index in [4.69, 9.17) is 23.2 Å². The maximum atomic E-state index is 6.02. The third-order valence-corrected chi connectivity index (χ3v) is 4.19. The molecule has 0 spiro atoms. The second kappa shape index (κ2) is 4.75. The van der Waals surface area contributed by atoms with Crippen LogP contribution in [0.5, 0.6) is 0 Å². The Morgan fingerprint density at radius 1 is 1.44 bits per heavy atom. The summed E-state index contributed by atoms with van der Waals surface area (Å²) in [4.78, 5) is 4.59. The number of hydrogen-bond acceptors (Lipinski definition) is 1. The van der Waals surface area contributed by atoms with Crippen LogP contribution < -0.4 is 0 Å². The fourth-order valence-electron chi connectivity index (χ4n) is 2.81. The number of imidazole rings is 1. The summed E-state index contributed by atoms with van der Waals surface area (Å²) in [5, 5.41) is 0.731. The largest absolute Gasteiger partial charge is 0.324 e. The highest BCUT2D eigenvalue weighted by Crippen LogP contribution is 2.48. The second-order valence-corrected chi connectivity index (χ2v) is 5.72. The van der Waals surface area contributed by atoms with Gasteiger partial charge in [-0.2, -0.15) is 0 Å². The predicted octanol–water partition coefficient (Wildman–Crippen LogP) is 4.79. The molecule has 2 aromatic rings. The Hall–Kier alpha value is -0.730. The molecule has 1 aliphatic rings. The van der Waals surface area contributed by atoms with Gasteiger partial charge in [-0.05, 0) is 37.0 Å². The normalized spacial score (nSPS) is 22.6. The third kappa shape index (κ3) is 2.02. The van der Waals surface area contributed by atoms with Crippen LogP contribution in [0.3, 0.4) is 0 Å². The molecule has 1 saturated carbocycles. The average molecular weight is 283 g/mol. The summed E-state index contributed by atoms with van der Waals surface area (Å²) in [7, 11) is 0. The van der Waals surface area contributed by atoms with Crippen molar-refractivity contribution in [1.82, 2.24) is 9.55 Å². The van der Waals surface area contributed by atoms with Crippen molar-refractivity contribution >= 4 is 34.2 Å². The molecule has 0 bridgehead atoms. The standard InChI is InChI=1S/C14H16Cl2N2/c1-2-3-9-6-13(9)18-12-5-4-10(16)7-11(12)17-14(18)8-15/h4-5,7,9,13H,2-3,6,8H2,1H3. The van der Waals surface area contributed by atoms with E-state index in [9.17, 15) is 0 Å². The van der Waals surface area contributed by atoms with E-state index >= 15 is 0 Å². The van der Waals surface area contributed by atoms with Gasteiger partial charge in [-0.1, -0.05) is 24.9 Å². The fourth-order valence-corrected chi connectivity index (χ4v) is 3.17. The number of hydrogen-bond donors (Lipinski definition) is 0. The summed E-state index contributed by atoms with van der Waals surface area (Å²) in [5.41, 5.74) is 2.12. The number of aromatic nitrogens is 2. The van der Waals surface area contributed by atoms with Crippen molar-refractivity contribution in [1.29, 1.82) is 0 Å². The van der Waals surface area contributed by atoms with Crippen LogP contribution in [0.4, 0.5) is 0 Å². The summed E-state index contributed by atoms with van der Waals surface area (Å²) in [5.74, 6) is 2.23. The van der Waals surface area contributed by atoms with Gasteiger partial charge in [0.15, 0.2) is 0 Å². The highest BCUT2D eigenvalue weighted by molar-refractivity contribution is 6.31. The zero-order valence-corrected chi connectivity index (χ0v) is 11.9. The van der Waals surface area contributed by atoms with Crippen LogP contribution in [0.1, 0.15) is 38.1 Å². The summed E-state index contributed by atoms with van der Waals surface area (Å²) >= 11 is 12.0. The molecule has 0 aliphatic heterocycles. The Bertz CT molecular complexity index is 576. The molecular formula is C14H16Cl2N2. The molecule has 2 unspecified atom stereocenters. The van der Waals surface area contributed by atoms with Gasteiger partial charge in [0.05, 0.1) is 16.9 Å². The maximum Gasteiger partial charge on any atom is 0.125 e. The first kappa shape index (κ1) is 12.3. The zero-order chi connectivity index (χ0) is 12.7. The van der Waals surface area contributed by atoms with Crippen LogP contribution in [0.25, 0.3) is 11.0 Å². The topological polar surface area (TPSA) is 17.8 Å². The Morgan fingerprint density at radius 2 is 2.28 bits per heavy atom. The molecule has 3 rings (SSSR count). The molecule has 1 aromatic heterocycles. The number of benzene rings is 1. The molecule has 18 heavy (non-hydrogen) atoms. The minimum absolute atomic E-state index is 0.460. The van der Waals surface area contributed by atoms with Crippen molar-refractivity contribution < 1.29 is 0 Å². The van der Waals surface area contributed by atoms with E-state index in [1.807, 2.05) is 12.1 Å². The zero-order valence-electron chi connectivity index (χ0n) is 10.4. The van der Waals surface area contributed by atoms with Gasteiger partial charge in [-0.3, -0.25) is 0 Å². The third-order valence-electron chi connectivity index (χ3n) is 3.72. The van der Waals surface area contributed by atoms with Crippen molar-refractivity contribution in [2.24, 2.45) is 5.92 Å². The van der Waals surface area contributed by atoms with Gasteiger partial charge in [0.25, 0.3) is 0 Å². The number of nitrogens with zero attached hydrogens (tertiary/aromatic N) is 2. The Morgan fingerprint density at radius 3 is 3.00 bits per heavy atom. The molecule has 0 saturated heterocycles. The molecule has 2 nitrogen and oxygen atoms in total. The monoisotopic (exact) mass is 282 g/mol. The van der Waals surface area contributed by atoms with Crippen LogP contribution >= 0.6 is 23.2 Å². The molecule has 0 radical (unpaired) electrons. The van der Waals surface area contributed by atoms with Crippen LogP contribution in [-0.2, 0) is 5.88 Å². The molecule has 2 atom stereocenters. The van der Waals surface area contributed by atoms with Gasteiger partial charge in [-0.15, -0.1) is 11.6 Å². The molecule has 1 heterocycles. The smallest absolute Gasteiger partial charge is 0.125 e. The molecule has 1 aromatic carbocycles. The van der Waals surface area contributed by atoms with E-state index in [-0.39, 0.29) is 0 Å². The lowest BCUT2D eigenvalue weighted by molar-refractivity contribution is 0.606. The van der Waals surface area contributed by atoms with E-state index in [1.165, 1.54) is 24.8 Å². The first-order valence-corrected chi connectivity index (χ1v) is 7.38. The molecule has 0 amide bonds. The lowest BCUT2D eigenvalue weighted by atomic mass is 10.2. The van der Waals surface area contributed by atoms with Crippen LogP contribution in [0, 0.1) is 5.92 Å². The molecule has 0 N–H and O–H groups in total. The first-order chi connectivity index (χ1) is 8.74. The van der Waals surface area contributed by atoms with Gasteiger partial charge < -0.3 is 4.57 Å². The second-order valence-electron chi connectivity index (χ2n) is 5.02. The quantitative estimate of drug-likeness (QED) is 0.738. The van der Waals surface area contributed by atoms with Crippen molar-refractivity contribution in [2.75, 3.05) is 0 Å². The minimum atomic E-state index is 0.460. The number of fused-ring (bicyclic) bond motifs is 1. The highest BCUT2D eigenvalue weighted by Gasteiger charge is 2.39. The minimum Gasteiger partial charge on any atom is -0.324 e. The summed E-state index contributed by atoms with van der Waals surface area (Å²) in [6, 6.07) is 6.49. The van der Waals surface area contributed by atoms with E-state index in [0.717, 1.165) is 22.3 Å². The van der Waals surface area contributed by atoms with Crippen molar-refractivity contribution in [3.05, 3.63) is 29.0 Å². The van der Waals surface area contributed by atoms with Gasteiger partial charge in [0.2, 0.25) is 0 Å². The van der Waals surface area contributed by atoms with Gasteiger partial charge in [-0.25, -0.2) is 4.98 Å². The van der Waals surface area contributed by atoms with Gasteiger partial charge >= 0.3 is 0 Å². The highest BCUT2D eigenvalue weighted by atomic mass is 35.5. The van der Waals surface area contributed by atoms with E-state index in [0.29, 0.717) is 11.9 Å². The van der Waals surface area contributed by atoms with Crippen molar-refractivity contribution in [2.45, 2.75) is 38.1 Å².